The Morgan fingerprint density at radius 2 is 1.60 bits per heavy atom. The van der Waals surface area contributed by atoms with Gasteiger partial charge in [0.2, 0.25) is 0 Å². The Kier molecular flexibility index (Phi) is 7.87. The van der Waals surface area contributed by atoms with Crippen molar-refractivity contribution in [1.29, 1.82) is 0 Å². The molecule has 0 saturated heterocycles. The van der Waals surface area contributed by atoms with Crippen LogP contribution in [0, 0.1) is 0 Å². The van der Waals surface area contributed by atoms with Gasteiger partial charge >= 0.3 is 11.9 Å². The summed E-state index contributed by atoms with van der Waals surface area (Å²) in [6, 6.07) is 7.08. The molecule has 1 aromatic carbocycles. The van der Waals surface area contributed by atoms with Crippen LogP contribution in [0.2, 0.25) is 0 Å². The molecule has 0 atom stereocenters. The van der Waals surface area contributed by atoms with Crippen LogP contribution in [0.25, 0.3) is 5.57 Å². The zero-order valence-electron chi connectivity index (χ0n) is 14.7. The fraction of sp³-hybridized carbons (Fsp3) is 0.143. The van der Waals surface area contributed by atoms with E-state index in [0.29, 0.717) is 16.9 Å². The highest BCUT2D eigenvalue weighted by atomic mass is 16.5. The van der Waals surface area contributed by atoms with E-state index in [1.54, 1.807) is 38.1 Å². The second-order valence-electron chi connectivity index (χ2n) is 5.33. The Hall–Kier alpha value is -3.14. The van der Waals surface area contributed by atoms with E-state index in [9.17, 15) is 9.59 Å². The Bertz CT molecular complexity index is 747. The van der Waals surface area contributed by atoms with Crippen LogP contribution in [-0.4, -0.2) is 11.9 Å². The van der Waals surface area contributed by atoms with E-state index in [-0.39, 0.29) is 0 Å². The van der Waals surface area contributed by atoms with E-state index in [0.717, 1.165) is 11.1 Å². The van der Waals surface area contributed by atoms with Gasteiger partial charge in [0.1, 0.15) is 5.75 Å². The largest absolute Gasteiger partial charge is 0.431 e. The molecule has 25 heavy (non-hydrogen) atoms. The fourth-order valence-electron chi connectivity index (χ4n) is 1.68. The number of hydrogen-bond donors (Lipinski definition) is 0. The maximum Gasteiger partial charge on any atom is 0.338 e. The van der Waals surface area contributed by atoms with Crippen molar-refractivity contribution in [3.63, 3.8) is 0 Å². The van der Waals surface area contributed by atoms with Gasteiger partial charge in [0.05, 0.1) is 6.26 Å². The van der Waals surface area contributed by atoms with Crippen molar-refractivity contribution < 1.29 is 19.1 Å². The molecular formula is C21H22O4. The maximum atomic E-state index is 11.5. The Balaban J connectivity index is 2.88. The lowest BCUT2D eigenvalue weighted by atomic mass is 10.0. The quantitative estimate of drug-likeness (QED) is 0.236. The predicted molar refractivity (Wildman–Crippen MR) is 99.7 cm³/mol. The summed E-state index contributed by atoms with van der Waals surface area (Å²) in [6.07, 6.45) is 8.56. The van der Waals surface area contributed by atoms with Crippen LogP contribution in [0.1, 0.15) is 26.3 Å². The highest BCUT2D eigenvalue weighted by Gasteiger charge is 2.05. The van der Waals surface area contributed by atoms with E-state index in [2.05, 4.69) is 13.2 Å². The van der Waals surface area contributed by atoms with Gasteiger partial charge in [-0.1, -0.05) is 43.5 Å². The predicted octanol–water partition coefficient (Wildman–Crippen LogP) is 4.76. The van der Waals surface area contributed by atoms with Crippen molar-refractivity contribution in [2.24, 2.45) is 0 Å². The molecule has 4 nitrogen and oxygen atoms in total. The minimum atomic E-state index is -0.471. The smallest absolute Gasteiger partial charge is 0.338 e. The third kappa shape index (κ3) is 6.87. The van der Waals surface area contributed by atoms with E-state index < -0.39 is 11.9 Å². The number of ether oxygens (including phenoxy) is 2. The van der Waals surface area contributed by atoms with E-state index in [4.69, 9.17) is 9.47 Å². The average molecular weight is 338 g/mol. The van der Waals surface area contributed by atoms with Gasteiger partial charge in [-0.15, -0.1) is 0 Å². The Morgan fingerprint density at radius 3 is 2.12 bits per heavy atom. The minimum Gasteiger partial charge on any atom is -0.431 e. The molecule has 0 heterocycles. The van der Waals surface area contributed by atoms with Crippen molar-refractivity contribution in [3.05, 3.63) is 84.7 Å². The standard InChI is InChI=1S/C21H22O4/c1-6-8-17(9-7-14-24-20(22)15(2)3)18-10-12-19(13-11-18)25-21(23)16(4)5/h6-14H,2,4H2,1,3,5H3/b8-6-,14-7+,17-9+. The first-order chi connectivity index (χ1) is 11.8. The van der Waals surface area contributed by atoms with Gasteiger partial charge in [-0.2, -0.15) is 0 Å². The molecule has 0 radical (unpaired) electrons. The van der Waals surface area contributed by atoms with Crippen molar-refractivity contribution >= 4 is 17.5 Å². The minimum absolute atomic E-state index is 0.335. The zero-order chi connectivity index (χ0) is 18.8. The number of hydrogen-bond acceptors (Lipinski definition) is 4. The molecule has 1 aromatic rings. The molecule has 0 unspecified atom stereocenters. The summed E-state index contributed by atoms with van der Waals surface area (Å²) >= 11 is 0. The van der Waals surface area contributed by atoms with Crippen LogP contribution in [0.15, 0.2) is 79.1 Å². The normalized spacial score (nSPS) is 11.6. The summed E-state index contributed by atoms with van der Waals surface area (Å²) in [5.74, 6) is -0.484. The van der Waals surface area contributed by atoms with E-state index >= 15 is 0 Å². The van der Waals surface area contributed by atoms with Gasteiger partial charge in [-0.05, 0) is 50.1 Å². The molecule has 1 rings (SSSR count). The van der Waals surface area contributed by atoms with Gasteiger partial charge in [-0.25, -0.2) is 9.59 Å². The number of carbonyl (C=O) groups is 2. The van der Waals surface area contributed by atoms with Gasteiger partial charge in [0, 0.05) is 11.1 Å². The first-order valence-electron chi connectivity index (χ1n) is 7.69. The Labute approximate surface area is 148 Å². The van der Waals surface area contributed by atoms with Crippen molar-refractivity contribution in [3.8, 4) is 5.75 Å². The number of rotatable bonds is 7. The van der Waals surface area contributed by atoms with Gasteiger partial charge < -0.3 is 9.47 Å². The second kappa shape index (κ2) is 9.88. The fourth-order valence-corrected chi connectivity index (χ4v) is 1.68. The van der Waals surface area contributed by atoms with Crippen molar-refractivity contribution in [2.45, 2.75) is 20.8 Å². The molecule has 0 N–H and O–H groups in total. The number of esters is 2. The molecule has 0 aliphatic rings. The van der Waals surface area contributed by atoms with Gasteiger partial charge in [0.25, 0.3) is 0 Å². The molecule has 130 valence electrons. The van der Waals surface area contributed by atoms with Crippen LogP contribution >= 0.6 is 0 Å². The van der Waals surface area contributed by atoms with Gasteiger partial charge in [-0.3, -0.25) is 0 Å². The summed E-state index contributed by atoms with van der Waals surface area (Å²) in [5.41, 5.74) is 2.50. The zero-order valence-corrected chi connectivity index (χ0v) is 14.7. The number of allylic oxidation sites excluding steroid dienone is 5. The first kappa shape index (κ1) is 19.9. The lowest BCUT2D eigenvalue weighted by Crippen LogP contribution is -2.07. The summed E-state index contributed by atoms with van der Waals surface area (Å²) < 4.78 is 10.1. The van der Waals surface area contributed by atoms with Crippen LogP contribution < -0.4 is 4.74 Å². The lowest BCUT2D eigenvalue weighted by Gasteiger charge is -2.06. The van der Waals surface area contributed by atoms with E-state index in [1.807, 2.05) is 31.2 Å². The van der Waals surface area contributed by atoms with Crippen LogP contribution in [0.4, 0.5) is 0 Å². The summed E-state index contributed by atoms with van der Waals surface area (Å²) in [7, 11) is 0. The third-order valence-corrected chi connectivity index (χ3v) is 2.97. The second-order valence-corrected chi connectivity index (χ2v) is 5.33. The van der Waals surface area contributed by atoms with Crippen LogP contribution in [0.5, 0.6) is 5.75 Å². The van der Waals surface area contributed by atoms with E-state index in [1.165, 1.54) is 6.26 Å². The number of carbonyl (C=O) groups excluding carboxylic acids is 2. The molecule has 0 saturated carbocycles. The first-order valence-corrected chi connectivity index (χ1v) is 7.69. The topological polar surface area (TPSA) is 52.6 Å². The summed E-state index contributed by atoms with van der Waals surface area (Å²) in [5, 5.41) is 0. The molecule has 0 amide bonds. The molecule has 0 bridgehead atoms. The SMILES string of the molecule is C=C(C)C(=O)O/C=C/C=C(\C=C/C)c1ccc(OC(=O)C(=C)C)cc1. The lowest BCUT2D eigenvalue weighted by molar-refractivity contribution is -0.133. The van der Waals surface area contributed by atoms with Crippen LogP contribution in [0.3, 0.4) is 0 Å². The molecule has 0 fully saturated rings. The molecule has 0 aromatic heterocycles. The maximum absolute atomic E-state index is 11.5. The third-order valence-electron chi connectivity index (χ3n) is 2.97. The highest BCUT2D eigenvalue weighted by Crippen LogP contribution is 2.20. The Morgan fingerprint density at radius 1 is 1.00 bits per heavy atom. The highest BCUT2D eigenvalue weighted by molar-refractivity contribution is 5.89. The summed E-state index contributed by atoms with van der Waals surface area (Å²) in [4.78, 5) is 22.8. The molecule has 4 heteroatoms. The number of benzene rings is 1. The molecular weight excluding hydrogens is 316 g/mol. The van der Waals surface area contributed by atoms with Gasteiger partial charge in [0.15, 0.2) is 0 Å². The molecule has 0 aliphatic heterocycles. The summed E-state index contributed by atoms with van der Waals surface area (Å²) in [6.45, 7) is 12.1. The monoisotopic (exact) mass is 338 g/mol. The molecule has 0 spiro atoms. The average Bonchev–Trinajstić information content (AvgIpc) is 2.58. The molecule has 0 aliphatic carbocycles. The van der Waals surface area contributed by atoms with Crippen molar-refractivity contribution in [1.82, 2.24) is 0 Å². The van der Waals surface area contributed by atoms with Crippen LogP contribution in [-0.2, 0) is 14.3 Å². The van der Waals surface area contributed by atoms with Crippen molar-refractivity contribution in [2.75, 3.05) is 0 Å².